The maximum atomic E-state index is 5.97. The summed E-state index contributed by atoms with van der Waals surface area (Å²) < 4.78 is 5.97. The minimum Gasteiger partial charge on any atom is -0.459 e. The molecular formula is C17H23NOS. The minimum atomic E-state index is 0.314. The van der Waals surface area contributed by atoms with Crippen LogP contribution in [-0.2, 0) is 0 Å². The number of furan rings is 1. The van der Waals surface area contributed by atoms with Crippen LogP contribution in [-0.4, -0.2) is 18.6 Å². The molecule has 0 bridgehead atoms. The van der Waals surface area contributed by atoms with Crippen molar-refractivity contribution in [3.8, 4) is 0 Å². The quantitative estimate of drug-likeness (QED) is 0.840. The number of nitrogens with one attached hydrogen (secondary N) is 1. The molecule has 0 radical (unpaired) electrons. The van der Waals surface area contributed by atoms with Crippen LogP contribution < -0.4 is 5.32 Å². The third-order valence-corrected chi connectivity index (χ3v) is 5.53. The van der Waals surface area contributed by atoms with E-state index in [1.807, 2.05) is 19.2 Å². The number of para-hydroxylation sites is 1. The van der Waals surface area contributed by atoms with E-state index in [0.717, 1.165) is 23.0 Å². The summed E-state index contributed by atoms with van der Waals surface area (Å²) in [6.07, 6.45) is 5.73. The lowest BCUT2D eigenvalue weighted by Gasteiger charge is -2.14. The van der Waals surface area contributed by atoms with Gasteiger partial charge in [0, 0.05) is 11.1 Å². The lowest BCUT2D eigenvalue weighted by Crippen LogP contribution is -2.18. The van der Waals surface area contributed by atoms with Crippen LogP contribution in [0.25, 0.3) is 11.0 Å². The lowest BCUT2D eigenvalue weighted by molar-refractivity contribution is 0.478. The molecule has 2 nitrogen and oxygen atoms in total. The van der Waals surface area contributed by atoms with Gasteiger partial charge in [0.2, 0.25) is 0 Å². The van der Waals surface area contributed by atoms with E-state index in [0.29, 0.717) is 6.04 Å². The molecule has 1 heterocycles. The molecule has 1 aromatic heterocycles. The molecule has 0 amide bonds. The SMILES string of the molecule is CNC(CSCC1CCCC1)c1cc2ccccc2o1. The Morgan fingerprint density at radius 1 is 1.30 bits per heavy atom. The molecule has 20 heavy (non-hydrogen) atoms. The van der Waals surface area contributed by atoms with Crippen LogP contribution in [0.2, 0.25) is 0 Å². The molecule has 2 aromatic rings. The predicted octanol–water partition coefficient (Wildman–Crippen LogP) is 4.62. The van der Waals surface area contributed by atoms with Crippen molar-refractivity contribution < 1.29 is 4.42 Å². The average molecular weight is 289 g/mol. The Kier molecular flexibility index (Phi) is 4.69. The van der Waals surface area contributed by atoms with Gasteiger partial charge in [0.25, 0.3) is 0 Å². The molecular weight excluding hydrogens is 266 g/mol. The van der Waals surface area contributed by atoms with Crippen LogP contribution in [0, 0.1) is 5.92 Å². The zero-order chi connectivity index (χ0) is 13.8. The third-order valence-electron chi connectivity index (χ3n) is 4.25. The largest absolute Gasteiger partial charge is 0.459 e. The number of rotatable bonds is 6. The number of fused-ring (bicyclic) bond motifs is 1. The van der Waals surface area contributed by atoms with E-state index in [1.165, 1.54) is 36.8 Å². The van der Waals surface area contributed by atoms with Crippen LogP contribution in [0.3, 0.4) is 0 Å². The first-order valence-electron chi connectivity index (χ1n) is 7.60. The van der Waals surface area contributed by atoms with E-state index in [2.05, 4.69) is 35.3 Å². The molecule has 1 aromatic carbocycles. The topological polar surface area (TPSA) is 25.2 Å². The standard InChI is InChI=1S/C17H23NOS/c1-18-15(12-20-11-13-6-2-3-7-13)17-10-14-8-4-5-9-16(14)19-17/h4-5,8-10,13,15,18H,2-3,6-7,11-12H2,1H3. The van der Waals surface area contributed by atoms with Crippen molar-refractivity contribution in [1.82, 2.24) is 5.32 Å². The van der Waals surface area contributed by atoms with E-state index >= 15 is 0 Å². The molecule has 108 valence electrons. The van der Waals surface area contributed by atoms with Gasteiger partial charge in [-0.25, -0.2) is 0 Å². The third kappa shape index (κ3) is 3.21. The van der Waals surface area contributed by atoms with E-state index in [-0.39, 0.29) is 0 Å². The Morgan fingerprint density at radius 2 is 2.10 bits per heavy atom. The molecule has 1 N–H and O–H groups in total. The van der Waals surface area contributed by atoms with E-state index in [9.17, 15) is 0 Å². The van der Waals surface area contributed by atoms with Crippen molar-refractivity contribution in [1.29, 1.82) is 0 Å². The van der Waals surface area contributed by atoms with Crippen molar-refractivity contribution in [2.24, 2.45) is 5.92 Å². The highest BCUT2D eigenvalue weighted by Gasteiger charge is 2.18. The van der Waals surface area contributed by atoms with E-state index in [1.54, 1.807) is 0 Å². The van der Waals surface area contributed by atoms with Crippen molar-refractivity contribution in [2.45, 2.75) is 31.7 Å². The van der Waals surface area contributed by atoms with Crippen LogP contribution >= 0.6 is 11.8 Å². The van der Waals surface area contributed by atoms with Gasteiger partial charge in [0.05, 0.1) is 6.04 Å². The summed E-state index contributed by atoms with van der Waals surface area (Å²) in [5.41, 5.74) is 0.989. The number of benzene rings is 1. The van der Waals surface area contributed by atoms with Crippen molar-refractivity contribution >= 4 is 22.7 Å². The maximum Gasteiger partial charge on any atom is 0.134 e. The van der Waals surface area contributed by atoms with E-state index in [4.69, 9.17) is 4.42 Å². The first kappa shape index (κ1) is 14.0. The maximum absolute atomic E-state index is 5.97. The predicted molar refractivity (Wildman–Crippen MR) is 87.3 cm³/mol. The number of thioether (sulfide) groups is 1. The first-order valence-corrected chi connectivity index (χ1v) is 8.76. The van der Waals surface area contributed by atoms with Gasteiger partial charge in [0.15, 0.2) is 0 Å². The second kappa shape index (κ2) is 6.68. The number of hydrogen-bond donors (Lipinski definition) is 1. The monoisotopic (exact) mass is 289 g/mol. The molecule has 1 atom stereocenters. The highest BCUT2D eigenvalue weighted by molar-refractivity contribution is 7.99. The number of hydrogen-bond acceptors (Lipinski definition) is 3. The van der Waals surface area contributed by atoms with E-state index < -0.39 is 0 Å². The van der Waals surface area contributed by atoms with Gasteiger partial charge in [-0.05, 0) is 43.7 Å². The minimum absolute atomic E-state index is 0.314. The summed E-state index contributed by atoms with van der Waals surface area (Å²) in [5.74, 6) is 4.41. The van der Waals surface area contributed by atoms with Gasteiger partial charge in [-0.2, -0.15) is 11.8 Å². The second-order valence-electron chi connectivity index (χ2n) is 5.72. The molecule has 1 fully saturated rings. The smallest absolute Gasteiger partial charge is 0.134 e. The van der Waals surface area contributed by atoms with Gasteiger partial charge >= 0.3 is 0 Å². The normalized spacial score (nSPS) is 17.9. The fraction of sp³-hybridized carbons (Fsp3) is 0.529. The molecule has 1 aliphatic rings. The van der Waals surface area contributed by atoms with Gasteiger partial charge in [-0.15, -0.1) is 0 Å². The molecule has 1 unspecified atom stereocenters. The van der Waals surface area contributed by atoms with Crippen molar-refractivity contribution in [2.75, 3.05) is 18.6 Å². The lowest BCUT2D eigenvalue weighted by atomic mass is 10.1. The summed E-state index contributed by atoms with van der Waals surface area (Å²) >= 11 is 2.07. The average Bonchev–Trinajstić information content (AvgIpc) is 3.12. The van der Waals surface area contributed by atoms with Crippen LogP contribution in [0.5, 0.6) is 0 Å². The zero-order valence-electron chi connectivity index (χ0n) is 12.1. The summed E-state index contributed by atoms with van der Waals surface area (Å²) in [5, 5.41) is 4.59. The Balaban J connectivity index is 1.60. The fourth-order valence-corrected chi connectivity index (χ4v) is 4.38. The molecule has 0 aliphatic heterocycles. The first-order chi connectivity index (χ1) is 9.86. The van der Waals surface area contributed by atoms with Crippen LogP contribution in [0.4, 0.5) is 0 Å². The highest BCUT2D eigenvalue weighted by atomic mass is 32.2. The molecule has 0 spiro atoms. The van der Waals surface area contributed by atoms with Gasteiger partial charge in [0.1, 0.15) is 11.3 Å². The Hall–Kier alpha value is -0.930. The Bertz CT molecular complexity index is 512. The molecule has 1 aliphatic carbocycles. The van der Waals surface area contributed by atoms with Crippen molar-refractivity contribution in [3.05, 3.63) is 36.1 Å². The molecule has 3 heteroatoms. The summed E-state index contributed by atoms with van der Waals surface area (Å²) in [6.45, 7) is 0. The zero-order valence-corrected chi connectivity index (χ0v) is 12.9. The Labute approximate surface area is 125 Å². The fourth-order valence-electron chi connectivity index (χ4n) is 3.01. The summed E-state index contributed by atoms with van der Waals surface area (Å²) in [4.78, 5) is 0. The summed E-state index contributed by atoms with van der Waals surface area (Å²) in [6, 6.07) is 10.7. The molecule has 3 rings (SSSR count). The van der Waals surface area contributed by atoms with Crippen LogP contribution in [0.1, 0.15) is 37.5 Å². The second-order valence-corrected chi connectivity index (χ2v) is 6.79. The van der Waals surface area contributed by atoms with Gasteiger partial charge in [-0.1, -0.05) is 31.0 Å². The van der Waals surface area contributed by atoms with Crippen LogP contribution in [0.15, 0.2) is 34.7 Å². The molecule has 0 saturated heterocycles. The summed E-state index contributed by atoms with van der Waals surface area (Å²) in [7, 11) is 2.02. The highest BCUT2D eigenvalue weighted by Crippen LogP contribution is 2.30. The van der Waals surface area contributed by atoms with Crippen molar-refractivity contribution in [3.63, 3.8) is 0 Å². The van der Waals surface area contributed by atoms with Gasteiger partial charge in [-0.3, -0.25) is 0 Å². The molecule has 1 saturated carbocycles. The Morgan fingerprint density at radius 3 is 2.85 bits per heavy atom. The van der Waals surface area contributed by atoms with Gasteiger partial charge < -0.3 is 9.73 Å².